The van der Waals surface area contributed by atoms with Crippen LogP contribution in [0.1, 0.15) is 0 Å². The van der Waals surface area contributed by atoms with Crippen molar-refractivity contribution >= 4 is 64.6 Å². The lowest BCUT2D eigenvalue weighted by molar-refractivity contribution is 0.481. The lowest BCUT2D eigenvalue weighted by atomic mass is 9.87. The van der Waals surface area contributed by atoms with Crippen LogP contribution in [0, 0.1) is 0 Å². The second-order valence-electron chi connectivity index (χ2n) is 9.32. The quantitative estimate of drug-likeness (QED) is 0.203. The maximum atomic E-state index is 13.9. The van der Waals surface area contributed by atoms with Crippen molar-refractivity contribution in [2.75, 3.05) is 0 Å². The summed E-state index contributed by atoms with van der Waals surface area (Å²) >= 11 is 0. The molecule has 9 nitrogen and oxygen atoms in total. The molecular weight excluding hydrogens is 504 g/mol. The number of benzene rings is 7. The molecule has 0 saturated carbocycles. The Morgan fingerprint density at radius 3 is 0.795 bits per heavy atom. The third-order valence-electron chi connectivity index (χ3n) is 7.40. The van der Waals surface area contributed by atoms with Gasteiger partial charge in [0.25, 0.3) is 0 Å². The van der Waals surface area contributed by atoms with Crippen LogP contribution in [0.4, 0.5) is 0 Å². The summed E-state index contributed by atoms with van der Waals surface area (Å²) in [6.45, 7) is 0. The maximum Gasteiger partial charge on any atom is 0.199 e. The lowest BCUT2D eigenvalue weighted by Crippen LogP contribution is -2.24. The molecule has 7 aromatic rings. The molecule has 0 atom stereocenters. The molecule has 7 rings (SSSR count). The molecule has 9 heteroatoms. The van der Waals surface area contributed by atoms with Gasteiger partial charge in [-0.3, -0.25) is 28.8 Å². The zero-order valence-electron chi connectivity index (χ0n) is 19.5. The minimum atomic E-state index is -1.01. The minimum Gasteiger partial charge on any atom is -0.507 e. The van der Waals surface area contributed by atoms with Gasteiger partial charge in [0.05, 0.1) is 16.2 Å². The summed E-state index contributed by atoms with van der Waals surface area (Å²) in [7, 11) is 0. The molecule has 7 aromatic carbocycles. The third-order valence-corrected chi connectivity index (χ3v) is 7.40. The molecule has 186 valence electrons. The normalized spacial score (nSPS) is 12.0. The second kappa shape index (κ2) is 7.20. The first kappa shape index (κ1) is 22.5. The highest BCUT2D eigenvalue weighted by Crippen LogP contribution is 2.33. The number of hydrogen-bond acceptors (Lipinski definition) is 9. The van der Waals surface area contributed by atoms with Crippen molar-refractivity contribution in [2.24, 2.45) is 0 Å². The Hall–Kier alpha value is -5.70. The zero-order valence-corrected chi connectivity index (χ0v) is 19.5. The van der Waals surface area contributed by atoms with Crippen molar-refractivity contribution in [1.82, 2.24) is 0 Å². The standard InChI is InChI=1S/C30H12O9/c31-13-7-1-4-10-16(13)28(37)22-19(25(10)34)20-23(29(38)17-11(26(20)35)5-2-8-14(17)32)24-21(22)27(36)12-6-3-9-15(33)18(12)30(24)39/h1-9,31-33H. The molecule has 3 N–H and O–H groups in total. The number of phenolic OH excluding ortho intramolecular Hbond substituents is 3. The summed E-state index contributed by atoms with van der Waals surface area (Å²) in [6.07, 6.45) is 0. The van der Waals surface area contributed by atoms with Crippen molar-refractivity contribution in [3.05, 3.63) is 116 Å². The molecule has 0 aromatic heterocycles. The van der Waals surface area contributed by atoms with E-state index in [0.29, 0.717) is 0 Å². The third kappa shape index (κ3) is 2.53. The summed E-state index contributed by atoms with van der Waals surface area (Å²) in [4.78, 5) is 83.3. The number of hydrogen-bond donors (Lipinski definition) is 3. The maximum absolute atomic E-state index is 13.9. The van der Waals surface area contributed by atoms with Gasteiger partial charge in [-0.2, -0.15) is 0 Å². The van der Waals surface area contributed by atoms with Gasteiger partial charge in [-0.25, -0.2) is 0 Å². The largest absolute Gasteiger partial charge is 0.507 e. The highest BCUT2D eigenvalue weighted by Gasteiger charge is 2.28. The summed E-state index contributed by atoms with van der Waals surface area (Å²) in [5.74, 6) is -1.67. The Kier molecular flexibility index (Phi) is 4.15. The van der Waals surface area contributed by atoms with Crippen molar-refractivity contribution < 1.29 is 15.3 Å². The number of phenols is 3. The molecule has 0 fully saturated rings. The number of aromatic hydroxyl groups is 3. The Labute approximate surface area is 213 Å². The molecular formula is C30H12O9. The molecule has 0 radical (unpaired) electrons. The monoisotopic (exact) mass is 516 g/mol. The summed E-state index contributed by atoms with van der Waals surface area (Å²) in [5, 5.41) is 25.9. The van der Waals surface area contributed by atoms with Crippen LogP contribution in [-0.4, -0.2) is 15.3 Å². The smallest absolute Gasteiger partial charge is 0.199 e. The van der Waals surface area contributed by atoms with Crippen LogP contribution in [0.5, 0.6) is 17.2 Å². The van der Waals surface area contributed by atoms with Crippen molar-refractivity contribution in [3.8, 4) is 17.2 Å². The van der Waals surface area contributed by atoms with Gasteiger partial charge in [-0.05, 0) is 18.2 Å². The Morgan fingerprint density at radius 1 is 0.308 bits per heavy atom. The topological polar surface area (TPSA) is 163 Å². The van der Waals surface area contributed by atoms with Crippen molar-refractivity contribution in [3.63, 3.8) is 0 Å². The molecule has 0 amide bonds. The van der Waals surface area contributed by atoms with Crippen LogP contribution in [0.25, 0.3) is 64.6 Å². The van der Waals surface area contributed by atoms with Gasteiger partial charge in [0, 0.05) is 48.5 Å². The van der Waals surface area contributed by atoms with Crippen LogP contribution >= 0.6 is 0 Å². The van der Waals surface area contributed by atoms with Gasteiger partial charge in [-0.1, -0.05) is 36.4 Å². The van der Waals surface area contributed by atoms with Crippen LogP contribution in [0.2, 0.25) is 0 Å². The van der Waals surface area contributed by atoms with E-state index in [1.165, 1.54) is 48.5 Å². The SMILES string of the molecule is O=c1c2cccc(O)c2c(=O)c2c1c1c(=O)c3cccc(O)c3c(=O)c1c1c(=O)c3c(O)cccc3c(=O)c21. The summed E-state index contributed by atoms with van der Waals surface area (Å²) in [5.41, 5.74) is -5.75. The minimum absolute atomic E-state index is 0.246. The van der Waals surface area contributed by atoms with Crippen LogP contribution in [0.3, 0.4) is 0 Å². The van der Waals surface area contributed by atoms with E-state index in [1.54, 1.807) is 0 Å². The predicted molar refractivity (Wildman–Crippen MR) is 148 cm³/mol. The average Bonchev–Trinajstić information content (AvgIpc) is 2.91. The second-order valence-corrected chi connectivity index (χ2v) is 9.32. The summed E-state index contributed by atoms with van der Waals surface area (Å²) in [6, 6.07) is 11.2. The first-order chi connectivity index (χ1) is 18.6. The van der Waals surface area contributed by atoms with E-state index in [1.807, 2.05) is 0 Å². The van der Waals surface area contributed by atoms with Gasteiger partial charge in [0.1, 0.15) is 17.2 Å². The molecule has 39 heavy (non-hydrogen) atoms. The van der Waals surface area contributed by atoms with Gasteiger partial charge in [0.2, 0.25) is 0 Å². The van der Waals surface area contributed by atoms with E-state index in [-0.39, 0.29) is 16.2 Å². The molecule has 0 heterocycles. The van der Waals surface area contributed by atoms with Crippen molar-refractivity contribution in [1.29, 1.82) is 0 Å². The molecule has 0 saturated heterocycles. The molecule has 0 spiro atoms. The highest BCUT2D eigenvalue weighted by atomic mass is 16.3. The van der Waals surface area contributed by atoms with Crippen LogP contribution in [0.15, 0.2) is 83.4 Å². The Balaban J connectivity index is 2.08. The summed E-state index contributed by atoms with van der Waals surface area (Å²) < 4.78 is 0. The highest BCUT2D eigenvalue weighted by molar-refractivity contribution is 6.30. The first-order valence-electron chi connectivity index (χ1n) is 11.6. The molecule has 0 aliphatic carbocycles. The fourth-order valence-electron chi connectivity index (χ4n) is 5.80. The van der Waals surface area contributed by atoms with Gasteiger partial charge in [-0.15, -0.1) is 0 Å². The average molecular weight is 516 g/mol. The zero-order chi connectivity index (χ0) is 27.5. The molecule has 0 bridgehead atoms. The lowest BCUT2D eigenvalue weighted by Gasteiger charge is -2.12. The molecule has 0 aliphatic rings. The molecule has 0 aliphatic heterocycles. The van der Waals surface area contributed by atoms with E-state index in [0.717, 1.165) is 6.07 Å². The van der Waals surface area contributed by atoms with Gasteiger partial charge < -0.3 is 15.3 Å². The first-order valence-corrected chi connectivity index (χ1v) is 11.6. The van der Waals surface area contributed by atoms with Gasteiger partial charge in [0.15, 0.2) is 32.6 Å². The molecule has 0 unspecified atom stereocenters. The van der Waals surface area contributed by atoms with Gasteiger partial charge >= 0.3 is 0 Å². The van der Waals surface area contributed by atoms with Crippen LogP contribution in [-0.2, 0) is 0 Å². The van der Waals surface area contributed by atoms with E-state index in [4.69, 9.17) is 0 Å². The fourth-order valence-corrected chi connectivity index (χ4v) is 5.80. The van der Waals surface area contributed by atoms with E-state index in [9.17, 15) is 44.1 Å². The Bertz CT molecular complexity index is 2650. The number of rotatable bonds is 0. The predicted octanol–water partition coefficient (Wildman–Crippen LogP) is 2.20. The van der Waals surface area contributed by atoms with E-state index >= 15 is 0 Å². The van der Waals surface area contributed by atoms with E-state index in [2.05, 4.69) is 0 Å². The Morgan fingerprint density at radius 2 is 0.538 bits per heavy atom. The number of fused-ring (bicyclic) bond motifs is 9. The van der Waals surface area contributed by atoms with Crippen molar-refractivity contribution in [2.45, 2.75) is 0 Å². The fraction of sp³-hybridized carbons (Fsp3) is 0. The van der Waals surface area contributed by atoms with Crippen LogP contribution < -0.4 is 32.6 Å². The van der Waals surface area contributed by atoms with E-state index < -0.39 is 98.3 Å².